The van der Waals surface area contributed by atoms with E-state index in [0.717, 1.165) is 5.56 Å². The number of halogens is 1. The van der Waals surface area contributed by atoms with E-state index in [1.807, 2.05) is 0 Å². The molecular formula is C14H9FN4. The molecule has 0 saturated heterocycles. The minimum Gasteiger partial charge on any atom is -0.212 e. The molecule has 19 heavy (non-hydrogen) atoms. The Morgan fingerprint density at radius 3 is 2.68 bits per heavy atom. The fraction of sp³-hybridized carbons (Fsp3) is 0.0714. The van der Waals surface area contributed by atoms with E-state index >= 15 is 0 Å². The number of fused-ring (bicyclic) bond motifs is 1. The first kappa shape index (κ1) is 11.4. The number of nitriles is 1. The summed E-state index contributed by atoms with van der Waals surface area (Å²) in [6.07, 6.45) is 0.507. The second-order valence-corrected chi connectivity index (χ2v) is 4.12. The lowest BCUT2D eigenvalue weighted by Gasteiger charge is -1.96. The second kappa shape index (κ2) is 4.50. The molecule has 0 aliphatic carbocycles. The summed E-state index contributed by atoms with van der Waals surface area (Å²) in [5.41, 5.74) is 2.00. The molecule has 4 nitrogen and oxygen atoms in total. The van der Waals surface area contributed by atoms with Crippen LogP contribution in [0.4, 0.5) is 4.39 Å². The maximum atomic E-state index is 12.8. The van der Waals surface area contributed by atoms with Gasteiger partial charge in [-0.1, -0.05) is 18.2 Å². The van der Waals surface area contributed by atoms with E-state index in [2.05, 4.69) is 16.2 Å². The highest BCUT2D eigenvalue weighted by Crippen LogP contribution is 2.10. The maximum absolute atomic E-state index is 12.8. The van der Waals surface area contributed by atoms with Gasteiger partial charge in [0.15, 0.2) is 11.5 Å². The molecule has 0 unspecified atom stereocenters. The van der Waals surface area contributed by atoms with Crippen molar-refractivity contribution in [3.63, 3.8) is 0 Å². The van der Waals surface area contributed by atoms with Crippen LogP contribution in [0.5, 0.6) is 0 Å². The fourth-order valence-electron chi connectivity index (χ4n) is 1.89. The zero-order valence-electron chi connectivity index (χ0n) is 9.92. The van der Waals surface area contributed by atoms with Crippen molar-refractivity contribution in [2.75, 3.05) is 0 Å². The monoisotopic (exact) mass is 252 g/mol. The third-order valence-electron chi connectivity index (χ3n) is 2.79. The molecule has 0 radical (unpaired) electrons. The van der Waals surface area contributed by atoms with Gasteiger partial charge in [0.2, 0.25) is 0 Å². The van der Waals surface area contributed by atoms with Crippen LogP contribution in [0.25, 0.3) is 5.65 Å². The standard InChI is InChI=1S/C14H9FN4/c15-11-6-4-10(5-7-11)8-13-17-14-3-1-2-12(9-16)19(14)18-13/h1-7H,8H2. The number of aromatic nitrogens is 3. The van der Waals surface area contributed by atoms with E-state index in [1.54, 1.807) is 30.3 Å². The van der Waals surface area contributed by atoms with E-state index in [9.17, 15) is 4.39 Å². The van der Waals surface area contributed by atoms with E-state index in [0.29, 0.717) is 23.6 Å². The number of benzene rings is 1. The zero-order chi connectivity index (χ0) is 13.2. The van der Waals surface area contributed by atoms with Crippen molar-refractivity contribution in [1.82, 2.24) is 14.6 Å². The van der Waals surface area contributed by atoms with Crippen LogP contribution in [0.1, 0.15) is 17.1 Å². The van der Waals surface area contributed by atoms with Gasteiger partial charge in [-0.05, 0) is 29.8 Å². The summed E-state index contributed by atoms with van der Waals surface area (Å²) in [6.45, 7) is 0. The third-order valence-corrected chi connectivity index (χ3v) is 2.79. The van der Waals surface area contributed by atoms with Crippen LogP contribution in [0.3, 0.4) is 0 Å². The summed E-state index contributed by atoms with van der Waals surface area (Å²) in [4.78, 5) is 4.35. The van der Waals surface area contributed by atoms with Crippen molar-refractivity contribution in [3.05, 3.63) is 65.4 Å². The second-order valence-electron chi connectivity index (χ2n) is 4.12. The number of pyridine rings is 1. The van der Waals surface area contributed by atoms with E-state index in [4.69, 9.17) is 5.26 Å². The Morgan fingerprint density at radius 2 is 1.95 bits per heavy atom. The molecule has 92 valence electrons. The number of hydrogen-bond donors (Lipinski definition) is 0. The molecule has 0 amide bonds. The van der Waals surface area contributed by atoms with Gasteiger partial charge in [0.25, 0.3) is 0 Å². The Morgan fingerprint density at radius 1 is 1.16 bits per heavy atom. The minimum atomic E-state index is -0.265. The van der Waals surface area contributed by atoms with Crippen LogP contribution in [-0.2, 0) is 6.42 Å². The maximum Gasteiger partial charge on any atom is 0.157 e. The quantitative estimate of drug-likeness (QED) is 0.703. The largest absolute Gasteiger partial charge is 0.212 e. The normalized spacial score (nSPS) is 10.5. The van der Waals surface area contributed by atoms with Gasteiger partial charge >= 0.3 is 0 Å². The van der Waals surface area contributed by atoms with Crippen molar-refractivity contribution < 1.29 is 4.39 Å². The summed E-state index contributed by atoms with van der Waals surface area (Å²) >= 11 is 0. The Hall–Kier alpha value is -2.74. The minimum absolute atomic E-state index is 0.265. The highest BCUT2D eigenvalue weighted by Gasteiger charge is 2.07. The van der Waals surface area contributed by atoms with E-state index in [1.165, 1.54) is 16.6 Å². The molecule has 0 aliphatic rings. The summed E-state index contributed by atoms with van der Waals surface area (Å²) in [5.74, 6) is 0.341. The van der Waals surface area contributed by atoms with Crippen LogP contribution in [0, 0.1) is 17.1 Å². The highest BCUT2D eigenvalue weighted by molar-refractivity contribution is 5.42. The molecule has 0 saturated carbocycles. The van der Waals surface area contributed by atoms with Crippen molar-refractivity contribution in [3.8, 4) is 6.07 Å². The molecule has 1 aromatic carbocycles. The molecule has 5 heteroatoms. The Bertz CT molecular complexity index is 768. The van der Waals surface area contributed by atoms with Gasteiger partial charge in [0.1, 0.15) is 17.6 Å². The molecule has 0 fully saturated rings. The molecule has 0 bridgehead atoms. The molecule has 0 spiro atoms. The molecular weight excluding hydrogens is 243 g/mol. The van der Waals surface area contributed by atoms with Gasteiger partial charge in [-0.15, -0.1) is 5.10 Å². The molecule has 0 atom stereocenters. The average molecular weight is 252 g/mol. The van der Waals surface area contributed by atoms with E-state index in [-0.39, 0.29) is 5.82 Å². The van der Waals surface area contributed by atoms with Crippen LogP contribution >= 0.6 is 0 Å². The Labute approximate surface area is 108 Å². The van der Waals surface area contributed by atoms with Gasteiger partial charge in [0.05, 0.1) is 0 Å². The van der Waals surface area contributed by atoms with Crippen LogP contribution < -0.4 is 0 Å². The molecule has 3 aromatic rings. The summed E-state index contributed by atoms with van der Waals surface area (Å²) in [5, 5.41) is 13.3. The van der Waals surface area contributed by atoms with Crippen LogP contribution in [0.15, 0.2) is 42.5 Å². The van der Waals surface area contributed by atoms with E-state index < -0.39 is 0 Å². The lowest BCUT2D eigenvalue weighted by atomic mass is 10.1. The number of nitrogens with zero attached hydrogens (tertiary/aromatic N) is 4. The summed E-state index contributed by atoms with van der Waals surface area (Å²) < 4.78 is 14.3. The van der Waals surface area contributed by atoms with Crippen molar-refractivity contribution in [2.45, 2.75) is 6.42 Å². The molecule has 2 heterocycles. The number of hydrogen-bond acceptors (Lipinski definition) is 3. The lowest BCUT2D eigenvalue weighted by molar-refractivity contribution is 0.627. The predicted molar refractivity (Wildman–Crippen MR) is 66.9 cm³/mol. The SMILES string of the molecule is N#Cc1cccc2nc(Cc3ccc(F)cc3)nn12. The first-order chi connectivity index (χ1) is 9.26. The van der Waals surface area contributed by atoms with Crippen molar-refractivity contribution >= 4 is 5.65 Å². The molecule has 0 N–H and O–H groups in total. The Kier molecular flexibility index (Phi) is 2.69. The first-order valence-corrected chi connectivity index (χ1v) is 5.75. The van der Waals surface area contributed by atoms with Crippen LogP contribution in [0.2, 0.25) is 0 Å². The van der Waals surface area contributed by atoms with Crippen molar-refractivity contribution in [1.29, 1.82) is 5.26 Å². The average Bonchev–Trinajstić information content (AvgIpc) is 2.83. The fourth-order valence-corrected chi connectivity index (χ4v) is 1.89. The van der Waals surface area contributed by atoms with Gasteiger partial charge in [0, 0.05) is 6.42 Å². The molecule has 3 rings (SSSR count). The van der Waals surface area contributed by atoms with Crippen LogP contribution in [-0.4, -0.2) is 14.6 Å². The zero-order valence-corrected chi connectivity index (χ0v) is 9.92. The topological polar surface area (TPSA) is 54.0 Å². The predicted octanol–water partition coefficient (Wildman–Crippen LogP) is 2.33. The van der Waals surface area contributed by atoms with Gasteiger partial charge in [-0.2, -0.15) is 5.26 Å². The third kappa shape index (κ3) is 2.16. The van der Waals surface area contributed by atoms with Crippen molar-refractivity contribution in [2.24, 2.45) is 0 Å². The van der Waals surface area contributed by atoms with Gasteiger partial charge in [-0.25, -0.2) is 13.9 Å². The summed E-state index contributed by atoms with van der Waals surface area (Å²) in [7, 11) is 0. The smallest absolute Gasteiger partial charge is 0.157 e. The molecule has 2 aromatic heterocycles. The van der Waals surface area contributed by atoms with Gasteiger partial charge in [-0.3, -0.25) is 0 Å². The molecule has 0 aliphatic heterocycles. The number of rotatable bonds is 2. The highest BCUT2D eigenvalue weighted by atomic mass is 19.1. The first-order valence-electron chi connectivity index (χ1n) is 5.75. The summed E-state index contributed by atoms with van der Waals surface area (Å²) in [6, 6.07) is 13.5. The Balaban J connectivity index is 1.98. The van der Waals surface area contributed by atoms with Gasteiger partial charge < -0.3 is 0 Å². The lowest BCUT2D eigenvalue weighted by Crippen LogP contribution is -1.95.